The molecule has 0 unspecified atom stereocenters. The lowest BCUT2D eigenvalue weighted by Gasteiger charge is -2.07. The molecule has 0 aliphatic heterocycles. The van der Waals surface area contributed by atoms with Gasteiger partial charge in [-0.2, -0.15) is 8.42 Å². The molecule has 1 aliphatic rings. The van der Waals surface area contributed by atoms with Gasteiger partial charge >= 0.3 is 10.3 Å². The zero-order valence-electron chi connectivity index (χ0n) is 10.4. The highest BCUT2D eigenvalue weighted by Gasteiger charge is 2.06. The number of allylic oxidation sites excluding steroid dienone is 4. The van der Waals surface area contributed by atoms with Crippen molar-refractivity contribution in [2.24, 2.45) is 5.14 Å². The van der Waals surface area contributed by atoms with Crippen LogP contribution < -0.4 is 5.14 Å². The summed E-state index contributed by atoms with van der Waals surface area (Å²) in [5, 5.41) is 5.59. The summed E-state index contributed by atoms with van der Waals surface area (Å²) in [5.74, 6) is 0. The van der Waals surface area contributed by atoms with Gasteiger partial charge in [0.15, 0.2) is 0 Å². The monoisotopic (exact) mass is 293 g/mol. The van der Waals surface area contributed by atoms with Gasteiger partial charge in [-0.15, -0.1) is 0 Å². The molecule has 0 radical (unpaired) electrons. The predicted molar refractivity (Wildman–Crippen MR) is 73.4 cm³/mol. The molecule has 0 spiro atoms. The van der Waals surface area contributed by atoms with Gasteiger partial charge in [-0.25, -0.2) is 5.14 Å². The largest absolute Gasteiger partial charge is 0.333 e. The van der Waals surface area contributed by atoms with Crippen molar-refractivity contribution >= 4 is 21.9 Å². The Morgan fingerprint density at radius 1 is 1.33 bits per heavy atom. The molecule has 4 nitrogen and oxygen atoms in total. The van der Waals surface area contributed by atoms with Gasteiger partial charge in [0.2, 0.25) is 0 Å². The van der Waals surface area contributed by atoms with Gasteiger partial charge in [-0.1, -0.05) is 29.7 Å². The van der Waals surface area contributed by atoms with Crippen molar-refractivity contribution < 1.29 is 12.6 Å². The number of halogens is 1. The van der Waals surface area contributed by atoms with Crippen LogP contribution in [0, 0.1) is 0 Å². The van der Waals surface area contributed by atoms with Gasteiger partial charge in [-0.05, 0) is 44.6 Å². The highest BCUT2D eigenvalue weighted by molar-refractivity contribution is 7.84. The Hall–Kier alpha value is -0.360. The molecule has 1 aliphatic carbocycles. The van der Waals surface area contributed by atoms with E-state index in [4.69, 9.17) is 16.7 Å². The van der Waals surface area contributed by atoms with Crippen molar-refractivity contribution in [1.29, 1.82) is 0 Å². The Morgan fingerprint density at radius 2 is 2.11 bits per heavy atom. The van der Waals surface area contributed by atoms with Crippen molar-refractivity contribution in [3.05, 3.63) is 22.8 Å². The summed E-state index contributed by atoms with van der Waals surface area (Å²) >= 11 is 6.16. The Kier molecular flexibility index (Phi) is 6.92. The van der Waals surface area contributed by atoms with Gasteiger partial charge in [0.1, 0.15) is 0 Å². The van der Waals surface area contributed by atoms with E-state index in [2.05, 4.69) is 10.3 Å². The summed E-state index contributed by atoms with van der Waals surface area (Å²) < 4.78 is 25.5. The van der Waals surface area contributed by atoms with Crippen LogP contribution in [0.2, 0.25) is 0 Å². The number of nitrogens with two attached hydrogens (primary N) is 1. The first-order chi connectivity index (χ1) is 8.49. The Bertz CT molecular complexity index is 415. The maximum atomic E-state index is 10.5. The lowest BCUT2D eigenvalue weighted by Crippen LogP contribution is -2.16. The second kappa shape index (κ2) is 7.94. The van der Waals surface area contributed by atoms with Crippen LogP contribution in [0.4, 0.5) is 0 Å². The van der Waals surface area contributed by atoms with E-state index in [0.29, 0.717) is 6.42 Å². The van der Waals surface area contributed by atoms with Crippen LogP contribution in [0.25, 0.3) is 0 Å². The minimum Gasteiger partial charge on any atom is -0.258 e. The van der Waals surface area contributed by atoms with Gasteiger partial charge in [0, 0.05) is 5.03 Å². The van der Waals surface area contributed by atoms with Gasteiger partial charge < -0.3 is 0 Å². The van der Waals surface area contributed by atoms with Crippen LogP contribution in [0.5, 0.6) is 0 Å². The fourth-order valence-corrected chi connectivity index (χ4v) is 2.52. The smallest absolute Gasteiger partial charge is 0.258 e. The van der Waals surface area contributed by atoms with Gasteiger partial charge in [0.05, 0.1) is 6.61 Å². The van der Waals surface area contributed by atoms with E-state index in [1.807, 2.05) is 6.08 Å². The molecule has 6 heteroatoms. The van der Waals surface area contributed by atoms with E-state index in [1.54, 1.807) is 0 Å². The zero-order valence-corrected chi connectivity index (χ0v) is 12.0. The standard InChI is InChI=1S/C12H20ClNO3S/c13-12-9-5-1-3-7-11(12)8-4-2-6-10-17-18(14,15)16/h5,9H,1-4,6-8,10H2,(H2,14,15,16). The van der Waals surface area contributed by atoms with Crippen LogP contribution in [-0.2, 0) is 14.5 Å². The molecule has 0 aromatic rings. The minimum absolute atomic E-state index is 0.158. The van der Waals surface area contributed by atoms with E-state index in [0.717, 1.165) is 43.6 Å². The fraction of sp³-hybridized carbons (Fsp3) is 0.667. The van der Waals surface area contributed by atoms with E-state index in [9.17, 15) is 8.42 Å². The van der Waals surface area contributed by atoms with E-state index < -0.39 is 10.3 Å². The van der Waals surface area contributed by atoms with E-state index in [-0.39, 0.29) is 6.61 Å². The van der Waals surface area contributed by atoms with E-state index in [1.165, 1.54) is 5.57 Å². The molecule has 0 amide bonds. The SMILES string of the molecule is NS(=O)(=O)OCCCCCC1=C(Cl)C=CCCC1. The third kappa shape index (κ3) is 7.16. The normalized spacial score (nSPS) is 17.0. The molecule has 0 bridgehead atoms. The third-order valence-electron chi connectivity index (χ3n) is 2.82. The first-order valence-corrected chi connectivity index (χ1v) is 8.05. The molecule has 2 N–H and O–H groups in total. The molecule has 1 rings (SSSR count). The van der Waals surface area contributed by atoms with E-state index >= 15 is 0 Å². The Balaban J connectivity index is 2.16. The molecule has 0 heterocycles. The first-order valence-electron chi connectivity index (χ1n) is 6.20. The van der Waals surface area contributed by atoms with Crippen LogP contribution in [0.1, 0.15) is 44.9 Å². The summed E-state index contributed by atoms with van der Waals surface area (Å²) in [7, 11) is -3.78. The van der Waals surface area contributed by atoms with Crippen molar-refractivity contribution in [3.8, 4) is 0 Å². The summed E-state index contributed by atoms with van der Waals surface area (Å²) in [5.41, 5.74) is 1.30. The molecular weight excluding hydrogens is 274 g/mol. The first kappa shape index (κ1) is 15.7. The minimum atomic E-state index is -3.78. The highest BCUT2D eigenvalue weighted by atomic mass is 35.5. The topological polar surface area (TPSA) is 69.4 Å². The molecule has 0 atom stereocenters. The molecule has 0 saturated heterocycles. The maximum absolute atomic E-state index is 10.5. The summed E-state index contributed by atoms with van der Waals surface area (Å²) in [6.07, 6.45) is 10.9. The Morgan fingerprint density at radius 3 is 2.83 bits per heavy atom. The molecule has 0 aromatic heterocycles. The summed E-state index contributed by atoms with van der Waals surface area (Å²) in [6.45, 7) is 0.158. The van der Waals surface area contributed by atoms with Crippen LogP contribution in [0.3, 0.4) is 0 Å². The Labute approximate surface area is 114 Å². The van der Waals surface area contributed by atoms with Crippen LogP contribution in [-0.4, -0.2) is 15.0 Å². The quantitative estimate of drug-likeness (QED) is 0.734. The summed E-state index contributed by atoms with van der Waals surface area (Å²) in [6, 6.07) is 0. The lowest BCUT2D eigenvalue weighted by molar-refractivity contribution is 0.307. The average molecular weight is 294 g/mol. The van der Waals surface area contributed by atoms with Crippen molar-refractivity contribution in [2.45, 2.75) is 44.9 Å². The van der Waals surface area contributed by atoms with Crippen molar-refractivity contribution in [3.63, 3.8) is 0 Å². The lowest BCUT2D eigenvalue weighted by atomic mass is 10.0. The number of rotatable bonds is 7. The van der Waals surface area contributed by atoms with Crippen LogP contribution >= 0.6 is 11.6 Å². The van der Waals surface area contributed by atoms with Gasteiger partial charge in [0.25, 0.3) is 0 Å². The number of hydrogen-bond donors (Lipinski definition) is 1. The predicted octanol–water partition coefficient (Wildman–Crippen LogP) is 3.00. The maximum Gasteiger partial charge on any atom is 0.333 e. The molecule has 104 valence electrons. The molecule has 18 heavy (non-hydrogen) atoms. The average Bonchev–Trinajstić information content (AvgIpc) is 2.47. The molecule has 0 aromatic carbocycles. The van der Waals surface area contributed by atoms with Crippen molar-refractivity contribution in [1.82, 2.24) is 0 Å². The van der Waals surface area contributed by atoms with Gasteiger partial charge in [-0.3, -0.25) is 4.18 Å². The van der Waals surface area contributed by atoms with Crippen LogP contribution in [0.15, 0.2) is 22.8 Å². The third-order valence-corrected chi connectivity index (χ3v) is 3.71. The second-order valence-corrected chi connectivity index (χ2v) is 6.00. The molecule has 0 fully saturated rings. The van der Waals surface area contributed by atoms with Crippen molar-refractivity contribution in [2.75, 3.05) is 6.61 Å². The molecular formula is C12H20ClNO3S. The zero-order chi connectivity index (χ0) is 13.4. The number of unbranched alkanes of at least 4 members (excludes halogenated alkanes) is 2. The second-order valence-electron chi connectivity index (χ2n) is 4.37. The number of hydrogen-bond acceptors (Lipinski definition) is 3. The summed E-state index contributed by atoms with van der Waals surface area (Å²) in [4.78, 5) is 0. The highest BCUT2D eigenvalue weighted by Crippen LogP contribution is 2.25. The fourth-order valence-electron chi connectivity index (χ4n) is 1.89. The molecule has 0 saturated carbocycles.